The van der Waals surface area contributed by atoms with Crippen molar-refractivity contribution in [2.45, 2.75) is 43.6 Å². The Labute approximate surface area is 288 Å². The maximum absolute atomic E-state index is 13.9. The van der Waals surface area contributed by atoms with E-state index in [0.717, 1.165) is 29.5 Å². The maximum atomic E-state index is 13.9. The molecule has 0 bridgehead atoms. The number of ether oxygens (including phenoxy) is 2. The lowest BCUT2D eigenvalue weighted by Gasteiger charge is -2.23. The summed E-state index contributed by atoms with van der Waals surface area (Å²) in [6, 6.07) is 25.9. The van der Waals surface area contributed by atoms with Crippen LogP contribution in [0.4, 0.5) is 33.7 Å². The minimum absolute atomic E-state index is 0.0113. The van der Waals surface area contributed by atoms with Crippen LogP contribution in [-0.4, -0.2) is 51.8 Å². The molecule has 2 atom stereocenters. The van der Waals surface area contributed by atoms with Gasteiger partial charge in [0.1, 0.15) is 29.5 Å². The standard InChI is InChI=1S/C36H30F4N4O5S/c37-26-8-4-9-28(20-26)42-34-44(21-23-11-17-29(18-12-23)49-36(38,39)40)33(46)31(50-34)25-13-15-27(16-14-25)41-32(45)30-10-5-19-43(30)35(47)48-22-24-6-2-1-3-7-24/h1-4,6-9,11-18,20,30-31H,5,10,19,21-22H2,(H,41,45)/t30-,31?/m1/s1. The highest BCUT2D eigenvalue weighted by Crippen LogP contribution is 2.41. The molecular weight excluding hydrogens is 676 g/mol. The molecule has 2 fully saturated rings. The molecule has 0 aliphatic carbocycles. The molecule has 6 rings (SSSR count). The fourth-order valence-electron chi connectivity index (χ4n) is 5.56. The van der Waals surface area contributed by atoms with E-state index in [0.29, 0.717) is 36.2 Å². The van der Waals surface area contributed by atoms with Crippen molar-refractivity contribution in [3.63, 3.8) is 0 Å². The van der Waals surface area contributed by atoms with Crippen LogP contribution in [0.5, 0.6) is 5.75 Å². The Morgan fingerprint density at radius 3 is 2.36 bits per heavy atom. The molecule has 50 heavy (non-hydrogen) atoms. The van der Waals surface area contributed by atoms with Gasteiger partial charge < -0.3 is 14.8 Å². The number of aliphatic imine (C=N–C) groups is 1. The van der Waals surface area contributed by atoms with Gasteiger partial charge in [0.25, 0.3) is 0 Å². The lowest BCUT2D eigenvalue weighted by atomic mass is 10.1. The van der Waals surface area contributed by atoms with Crippen LogP contribution in [0.1, 0.15) is 34.8 Å². The highest BCUT2D eigenvalue weighted by atomic mass is 32.2. The number of amidine groups is 1. The van der Waals surface area contributed by atoms with Gasteiger partial charge in [0, 0.05) is 12.2 Å². The first kappa shape index (κ1) is 34.5. The van der Waals surface area contributed by atoms with Crippen LogP contribution in [0.2, 0.25) is 0 Å². The van der Waals surface area contributed by atoms with Gasteiger partial charge in [-0.05, 0) is 72.0 Å². The average Bonchev–Trinajstić information content (AvgIpc) is 3.70. The first-order chi connectivity index (χ1) is 24.0. The molecule has 0 radical (unpaired) electrons. The first-order valence-corrected chi connectivity index (χ1v) is 16.5. The van der Waals surface area contributed by atoms with Crippen LogP contribution in [0.25, 0.3) is 0 Å². The molecule has 258 valence electrons. The molecule has 2 heterocycles. The van der Waals surface area contributed by atoms with Gasteiger partial charge in [-0.2, -0.15) is 0 Å². The second kappa shape index (κ2) is 15.0. The highest BCUT2D eigenvalue weighted by Gasteiger charge is 2.40. The second-order valence-corrected chi connectivity index (χ2v) is 12.6. The number of alkyl halides is 3. The zero-order chi connectivity index (χ0) is 35.3. The van der Waals surface area contributed by atoms with Gasteiger partial charge in [-0.1, -0.05) is 72.4 Å². The summed E-state index contributed by atoms with van der Waals surface area (Å²) in [4.78, 5) is 47.1. The molecule has 4 aromatic rings. The van der Waals surface area contributed by atoms with Crippen LogP contribution < -0.4 is 10.1 Å². The number of nitrogens with one attached hydrogen (secondary N) is 1. The minimum Gasteiger partial charge on any atom is -0.445 e. The quantitative estimate of drug-likeness (QED) is 0.177. The van der Waals surface area contributed by atoms with E-state index in [4.69, 9.17) is 4.74 Å². The van der Waals surface area contributed by atoms with Gasteiger partial charge in [-0.15, -0.1) is 13.2 Å². The smallest absolute Gasteiger partial charge is 0.445 e. The van der Waals surface area contributed by atoms with Gasteiger partial charge in [-0.3, -0.25) is 19.4 Å². The van der Waals surface area contributed by atoms with Crippen molar-refractivity contribution < 1.29 is 41.4 Å². The van der Waals surface area contributed by atoms with E-state index in [9.17, 15) is 31.9 Å². The van der Waals surface area contributed by atoms with Crippen molar-refractivity contribution in [1.29, 1.82) is 0 Å². The molecule has 0 aromatic heterocycles. The lowest BCUT2D eigenvalue weighted by molar-refractivity contribution is -0.274. The predicted octanol–water partition coefficient (Wildman–Crippen LogP) is 7.97. The number of thioether (sulfide) groups is 1. The summed E-state index contributed by atoms with van der Waals surface area (Å²) >= 11 is 1.14. The van der Waals surface area contributed by atoms with Crippen LogP contribution in [0.3, 0.4) is 0 Å². The third kappa shape index (κ3) is 8.61. The zero-order valence-electron chi connectivity index (χ0n) is 26.3. The van der Waals surface area contributed by atoms with Crippen molar-refractivity contribution in [3.05, 3.63) is 126 Å². The summed E-state index contributed by atoms with van der Waals surface area (Å²) in [5.41, 5.74) is 2.70. The molecule has 2 aliphatic heterocycles. The number of anilines is 1. The van der Waals surface area contributed by atoms with Crippen LogP contribution in [0.15, 0.2) is 108 Å². The predicted molar refractivity (Wildman–Crippen MR) is 179 cm³/mol. The van der Waals surface area contributed by atoms with Gasteiger partial charge >= 0.3 is 12.5 Å². The number of benzene rings is 4. The lowest BCUT2D eigenvalue weighted by Crippen LogP contribution is -2.43. The number of hydrogen-bond donors (Lipinski definition) is 1. The van der Waals surface area contributed by atoms with Crippen LogP contribution >= 0.6 is 11.8 Å². The summed E-state index contributed by atoms with van der Waals surface area (Å²) in [5.74, 6) is -1.61. The van der Waals surface area contributed by atoms with Gasteiger partial charge in [0.15, 0.2) is 5.17 Å². The Hall–Kier alpha value is -5.37. The van der Waals surface area contributed by atoms with Crippen molar-refractivity contribution in [3.8, 4) is 5.75 Å². The SMILES string of the molecule is O=C(Nc1ccc(C2SC(=Nc3cccc(F)c3)N(Cc3ccc(OC(F)(F)F)cc3)C2=O)cc1)[C@H]1CCCN1C(=O)OCc1ccccc1. The number of likely N-dealkylation sites (tertiary alicyclic amines) is 1. The Kier molecular flexibility index (Phi) is 10.4. The largest absolute Gasteiger partial charge is 0.573 e. The molecule has 9 nitrogen and oxygen atoms in total. The van der Waals surface area contributed by atoms with E-state index in [1.807, 2.05) is 30.3 Å². The Morgan fingerprint density at radius 2 is 1.66 bits per heavy atom. The summed E-state index contributed by atoms with van der Waals surface area (Å²) in [6.45, 7) is 0.481. The minimum atomic E-state index is -4.84. The number of halogens is 4. The molecule has 0 spiro atoms. The number of amides is 3. The highest BCUT2D eigenvalue weighted by molar-refractivity contribution is 8.15. The number of rotatable bonds is 9. The normalized spacial score (nSPS) is 18.4. The Morgan fingerprint density at radius 1 is 0.920 bits per heavy atom. The molecule has 14 heteroatoms. The molecular formula is C36H30F4N4O5S. The summed E-state index contributed by atoms with van der Waals surface area (Å²) in [5, 5.41) is 2.38. The molecule has 0 saturated carbocycles. The fraction of sp³-hybridized carbons (Fsp3) is 0.222. The monoisotopic (exact) mass is 706 g/mol. The molecule has 2 saturated heterocycles. The maximum Gasteiger partial charge on any atom is 0.573 e. The molecule has 4 aromatic carbocycles. The molecule has 1 N–H and O–H groups in total. The third-order valence-electron chi connectivity index (χ3n) is 7.95. The topological polar surface area (TPSA) is 101 Å². The molecule has 3 amide bonds. The average molecular weight is 707 g/mol. The van der Waals surface area contributed by atoms with Gasteiger partial charge in [0.2, 0.25) is 11.8 Å². The molecule has 1 unspecified atom stereocenters. The number of nitrogens with zero attached hydrogens (tertiary/aromatic N) is 3. The van der Waals surface area contributed by atoms with Crippen LogP contribution in [-0.2, 0) is 27.5 Å². The Bertz CT molecular complexity index is 1870. The number of carbonyl (C=O) groups is 3. The molecule has 2 aliphatic rings. The first-order valence-electron chi connectivity index (χ1n) is 15.6. The summed E-state index contributed by atoms with van der Waals surface area (Å²) in [6.07, 6.45) is -4.27. The van der Waals surface area contributed by atoms with Crippen LogP contribution in [0, 0.1) is 5.82 Å². The second-order valence-electron chi connectivity index (χ2n) is 11.5. The van der Waals surface area contributed by atoms with E-state index in [-0.39, 0.29) is 35.8 Å². The van der Waals surface area contributed by atoms with Crippen molar-refractivity contribution in [2.24, 2.45) is 4.99 Å². The van der Waals surface area contributed by atoms with E-state index in [2.05, 4.69) is 15.0 Å². The van der Waals surface area contributed by atoms with E-state index < -0.39 is 35.3 Å². The number of carbonyl (C=O) groups excluding carboxylic acids is 3. The van der Waals surface area contributed by atoms with E-state index >= 15 is 0 Å². The van der Waals surface area contributed by atoms with E-state index in [1.165, 1.54) is 40.1 Å². The van der Waals surface area contributed by atoms with Crippen molar-refractivity contribution in [2.75, 3.05) is 11.9 Å². The van der Waals surface area contributed by atoms with Gasteiger partial charge in [-0.25, -0.2) is 14.2 Å². The fourth-order valence-corrected chi connectivity index (χ4v) is 6.73. The zero-order valence-corrected chi connectivity index (χ0v) is 27.1. The van der Waals surface area contributed by atoms with E-state index in [1.54, 1.807) is 30.3 Å². The number of hydrogen-bond acceptors (Lipinski definition) is 7. The summed E-state index contributed by atoms with van der Waals surface area (Å²) < 4.78 is 61.2. The third-order valence-corrected chi connectivity index (χ3v) is 9.18. The van der Waals surface area contributed by atoms with Crippen molar-refractivity contribution >= 4 is 46.2 Å². The summed E-state index contributed by atoms with van der Waals surface area (Å²) in [7, 11) is 0. The Balaban J connectivity index is 1.14. The van der Waals surface area contributed by atoms with Crippen molar-refractivity contribution in [1.82, 2.24) is 9.80 Å². The van der Waals surface area contributed by atoms with Gasteiger partial charge in [0.05, 0.1) is 12.2 Å².